The Bertz CT molecular complexity index is 978. The van der Waals surface area contributed by atoms with Gasteiger partial charge in [0.05, 0.1) is 12.7 Å². The number of nitrogens with one attached hydrogen (secondary N) is 1. The number of esters is 1. The summed E-state index contributed by atoms with van der Waals surface area (Å²) in [7, 11) is 1.39. The summed E-state index contributed by atoms with van der Waals surface area (Å²) in [5.74, 6) is 0.467. The first-order valence-corrected chi connectivity index (χ1v) is 10.2. The van der Waals surface area contributed by atoms with Crippen LogP contribution >= 0.6 is 0 Å². The zero-order chi connectivity index (χ0) is 20.2. The predicted molar refractivity (Wildman–Crippen MR) is 115 cm³/mol. The average Bonchev–Trinajstić information content (AvgIpc) is 3.19. The minimum Gasteiger partial charge on any atom is -0.490 e. The second kappa shape index (κ2) is 8.66. The van der Waals surface area contributed by atoms with E-state index in [0.717, 1.165) is 25.0 Å². The van der Waals surface area contributed by atoms with E-state index < -0.39 is 0 Å². The van der Waals surface area contributed by atoms with Crippen LogP contribution in [0.4, 0.5) is 0 Å². The zero-order valence-corrected chi connectivity index (χ0v) is 16.9. The highest BCUT2D eigenvalue weighted by atomic mass is 16.5. The van der Waals surface area contributed by atoms with Crippen LogP contribution in [0.15, 0.2) is 66.7 Å². The molecule has 0 aliphatic heterocycles. The Kier molecular flexibility index (Phi) is 5.81. The Hall–Kier alpha value is -2.85. The van der Waals surface area contributed by atoms with Crippen molar-refractivity contribution in [3.63, 3.8) is 0 Å². The molecular formula is C25H27NO3. The maximum absolute atomic E-state index is 11.5. The van der Waals surface area contributed by atoms with E-state index in [0.29, 0.717) is 11.6 Å². The monoisotopic (exact) mass is 389 g/mol. The molecule has 0 spiro atoms. The lowest BCUT2D eigenvalue weighted by Gasteiger charge is -2.21. The summed E-state index contributed by atoms with van der Waals surface area (Å²) in [4.78, 5) is 11.5. The van der Waals surface area contributed by atoms with Gasteiger partial charge in [-0.05, 0) is 66.8 Å². The van der Waals surface area contributed by atoms with E-state index in [9.17, 15) is 4.79 Å². The van der Waals surface area contributed by atoms with Gasteiger partial charge >= 0.3 is 5.97 Å². The van der Waals surface area contributed by atoms with Gasteiger partial charge in [0.25, 0.3) is 0 Å². The number of fused-ring (bicyclic) bond motifs is 1. The van der Waals surface area contributed by atoms with E-state index in [1.807, 2.05) is 12.1 Å². The zero-order valence-electron chi connectivity index (χ0n) is 16.9. The van der Waals surface area contributed by atoms with Crippen LogP contribution in [0, 0.1) is 0 Å². The number of hydrogen-bond donors (Lipinski definition) is 1. The van der Waals surface area contributed by atoms with Crippen molar-refractivity contribution >= 4 is 16.7 Å². The molecule has 4 nitrogen and oxygen atoms in total. The summed E-state index contributed by atoms with van der Waals surface area (Å²) in [6, 6.07) is 22.9. The highest BCUT2D eigenvalue weighted by Gasteiger charge is 2.27. The molecule has 1 aliphatic carbocycles. The first kappa shape index (κ1) is 19.5. The lowest BCUT2D eigenvalue weighted by molar-refractivity contribution is 0.0600. The summed E-state index contributed by atoms with van der Waals surface area (Å²) >= 11 is 0. The van der Waals surface area contributed by atoms with Crippen molar-refractivity contribution in [2.24, 2.45) is 0 Å². The van der Waals surface area contributed by atoms with Crippen LogP contribution in [-0.4, -0.2) is 25.2 Å². The minimum absolute atomic E-state index is 0.191. The standard InChI is InChI=1S/C25H27NO3/c1-17(23-9-5-7-18-6-3-4-8-24(18)23)26-20-12-15-22(16-20)29-21-13-10-19(11-14-21)25(27)28-2/h3-11,13-14,17,20,22,26H,12,15-16H2,1-2H3/t17-,20?,22?/m1/s1. The fraction of sp³-hybridized carbons (Fsp3) is 0.320. The largest absolute Gasteiger partial charge is 0.490 e. The van der Waals surface area contributed by atoms with E-state index in [1.54, 1.807) is 12.1 Å². The summed E-state index contributed by atoms with van der Waals surface area (Å²) in [5, 5.41) is 6.38. The van der Waals surface area contributed by atoms with Gasteiger partial charge in [-0.25, -0.2) is 4.79 Å². The lowest BCUT2D eigenvalue weighted by Crippen LogP contribution is -2.30. The van der Waals surface area contributed by atoms with Crippen molar-refractivity contribution in [2.75, 3.05) is 7.11 Å². The van der Waals surface area contributed by atoms with Crippen molar-refractivity contribution in [3.8, 4) is 5.75 Å². The van der Waals surface area contributed by atoms with Gasteiger partial charge in [0.2, 0.25) is 0 Å². The third kappa shape index (κ3) is 4.43. The summed E-state index contributed by atoms with van der Waals surface area (Å²) < 4.78 is 10.9. The number of benzene rings is 3. The molecule has 2 unspecified atom stereocenters. The molecule has 0 bridgehead atoms. The number of carbonyl (C=O) groups is 1. The Labute approximate surface area is 171 Å². The van der Waals surface area contributed by atoms with Gasteiger partial charge in [0.1, 0.15) is 11.9 Å². The Morgan fingerprint density at radius 2 is 1.76 bits per heavy atom. The Balaban J connectivity index is 1.35. The number of carbonyl (C=O) groups excluding carboxylic acids is 1. The molecule has 3 aromatic rings. The SMILES string of the molecule is COC(=O)c1ccc(OC2CCC(N[C@H](C)c3cccc4ccccc34)C2)cc1. The van der Waals surface area contributed by atoms with Gasteiger partial charge in [-0.15, -0.1) is 0 Å². The van der Waals surface area contributed by atoms with E-state index in [4.69, 9.17) is 9.47 Å². The van der Waals surface area contributed by atoms with Crippen LogP contribution in [0.5, 0.6) is 5.75 Å². The topological polar surface area (TPSA) is 47.6 Å². The summed E-state index contributed by atoms with van der Waals surface area (Å²) in [5.41, 5.74) is 1.88. The molecule has 0 heterocycles. The van der Waals surface area contributed by atoms with Gasteiger partial charge in [-0.3, -0.25) is 0 Å². The van der Waals surface area contributed by atoms with Crippen molar-refractivity contribution in [2.45, 2.75) is 44.4 Å². The van der Waals surface area contributed by atoms with E-state index >= 15 is 0 Å². The highest BCUT2D eigenvalue weighted by Crippen LogP contribution is 2.29. The number of methoxy groups -OCH3 is 1. The molecule has 1 fully saturated rings. The minimum atomic E-state index is -0.330. The van der Waals surface area contributed by atoms with E-state index in [2.05, 4.69) is 54.7 Å². The first-order chi connectivity index (χ1) is 14.1. The van der Waals surface area contributed by atoms with Crippen LogP contribution in [-0.2, 0) is 4.74 Å². The van der Waals surface area contributed by atoms with Gasteiger partial charge in [-0.1, -0.05) is 42.5 Å². The molecule has 4 rings (SSSR count). The lowest BCUT2D eigenvalue weighted by atomic mass is 9.99. The third-order valence-corrected chi connectivity index (χ3v) is 5.74. The quantitative estimate of drug-likeness (QED) is 0.583. The van der Waals surface area contributed by atoms with E-state index in [1.165, 1.54) is 23.4 Å². The molecule has 1 saturated carbocycles. The predicted octanol–water partition coefficient (Wildman–Crippen LogP) is 5.28. The summed E-state index contributed by atoms with van der Waals surface area (Å²) in [6.45, 7) is 2.24. The molecule has 0 amide bonds. The fourth-order valence-electron chi connectivity index (χ4n) is 4.25. The van der Waals surface area contributed by atoms with Gasteiger partial charge in [0, 0.05) is 12.1 Å². The van der Waals surface area contributed by atoms with Gasteiger partial charge < -0.3 is 14.8 Å². The van der Waals surface area contributed by atoms with Crippen LogP contribution in [0.1, 0.15) is 48.1 Å². The van der Waals surface area contributed by atoms with Crippen molar-refractivity contribution < 1.29 is 14.3 Å². The molecule has 4 heteroatoms. The maximum Gasteiger partial charge on any atom is 0.337 e. The van der Waals surface area contributed by atoms with Crippen LogP contribution in [0.2, 0.25) is 0 Å². The Morgan fingerprint density at radius 3 is 2.55 bits per heavy atom. The number of rotatable bonds is 6. The third-order valence-electron chi connectivity index (χ3n) is 5.74. The molecule has 0 saturated heterocycles. The number of hydrogen-bond acceptors (Lipinski definition) is 4. The van der Waals surface area contributed by atoms with Crippen LogP contribution in [0.25, 0.3) is 10.8 Å². The highest BCUT2D eigenvalue weighted by molar-refractivity contribution is 5.89. The van der Waals surface area contributed by atoms with Gasteiger partial charge in [-0.2, -0.15) is 0 Å². The van der Waals surface area contributed by atoms with Gasteiger partial charge in [0.15, 0.2) is 0 Å². The molecule has 3 atom stereocenters. The molecular weight excluding hydrogens is 362 g/mol. The smallest absolute Gasteiger partial charge is 0.337 e. The van der Waals surface area contributed by atoms with Crippen molar-refractivity contribution in [3.05, 3.63) is 77.9 Å². The first-order valence-electron chi connectivity index (χ1n) is 10.2. The average molecular weight is 389 g/mol. The second-order valence-corrected chi connectivity index (χ2v) is 7.72. The molecule has 0 radical (unpaired) electrons. The molecule has 3 aromatic carbocycles. The Morgan fingerprint density at radius 1 is 1.00 bits per heavy atom. The van der Waals surface area contributed by atoms with Crippen LogP contribution < -0.4 is 10.1 Å². The molecule has 150 valence electrons. The molecule has 29 heavy (non-hydrogen) atoms. The molecule has 0 aromatic heterocycles. The normalized spacial score (nSPS) is 19.8. The molecule has 1 aliphatic rings. The maximum atomic E-state index is 11.5. The van der Waals surface area contributed by atoms with Crippen LogP contribution in [0.3, 0.4) is 0 Å². The van der Waals surface area contributed by atoms with E-state index in [-0.39, 0.29) is 18.1 Å². The summed E-state index contributed by atoms with van der Waals surface area (Å²) in [6.07, 6.45) is 3.29. The molecule has 1 N–H and O–H groups in total. The van der Waals surface area contributed by atoms with Crippen molar-refractivity contribution in [1.82, 2.24) is 5.32 Å². The fourth-order valence-corrected chi connectivity index (χ4v) is 4.25. The number of ether oxygens (including phenoxy) is 2. The van der Waals surface area contributed by atoms with Crippen molar-refractivity contribution in [1.29, 1.82) is 0 Å². The second-order valence-electron chi connectivity index (χ2n) is 7.72.